The number of nitrogens with one attached hydrogen (secondary N) is 1. The van der Waals surface area contributed by atoms with E-state index < -0.39 is 0 Å². The Labute approximate surface area is 109 Å². The van der Waals surface area contributed by atoms with Crippen LogP contribution in [0.25, 0.3) is 0 Å². The molecule has 1 fully saturated rings. The molecule has 3 unspecified atom stereocenters. The van der Waals surface area contributed by atoms with E-state index >= 15 is 0 Å². The number of hydrogen-bond acceptors (Lipinski definition) is 4. The van der Waals surface area contributed by atoms with E-state index in [4.69, 9.17) is 10.6 Å². The van der Waals surface area contributed by atoms with E-state index in [-0.39, 0.29) is 12.1 Å². The highest BCUT2D eigenvalue weighted by molar-refractivity contribution is 5.12. The van der Waals surface area contributed by atoms with Gasteiger partial charge in [-0.2, -0.15) is 5.10 Å². The average molecular weight is 252 g/mol. The SMILES string of the molecule is CCc1cc(CC(NN)C2CCOC2C)n(C)n1. The fourth-order valence-electron chi connectivity index (χ4n) is 2.77. The number of hydrazine groups is 1. The summed E-state index contributed by atoms with van der Waals surface area (Å²) in [6.45, 7) is 5.09. The highest BCUT2D eigenvalue weighted by Gasteiger charge is 2.31. The van der Waals surface area contributed by atoms with Crippen LogP contribution in [0.5, 0.6) is 0 Å². The van der Waals surface area contributed by atoms with Crippen LogP contribution in [-0.2, 0) is 24.6 Å². The first-order valence-electron chi connectivity index (χ1n) is 6.75. The van der Waals surface area contributed by atoms with Crippen LogP contribution in [0.15, 0.2) is 6.07 Å². The Morgan fingerprint density at radius 3 is 2.94 bits per heavy atom. The van der Waals surface area contributed by atoms with Gasteiger partial charge in [0.1, 0.15) is 0 Å². The summed E-state index contributed by atoms with van der Waals surface area (Å²) in [6.07, 6.45) is 3.23. The largest absolute Gasteiger partial charge is 0.378 e. The number of aryl methyl sites for hydroxylation is 2. The molecule has 0 spiro atoms. The molecule has 0 amide bonds. The van der Waals surface area contributed by atoms with E-state index in [1.54, 1.807) is 0 Å². The summed E-state index contributed by atoms with van der Waals surface area (Å²) in [7, 11) is 2.00. The topological polar surface area (TPSA) is 65.1 Å². The molecule has 1 aromatic rings. The smallest absolute Gasteiger partial charge is 0.0624 e. The predicted molar refractivity (Wildman–Crippen MR) is 70.9 cm³/mol. The molecule has 102 valence electrons. The molecule has 5 nitrogen and oxygen atoms in total. The van der Waals surface area contributed by atoms with Gasteiger partial charge in [-0.3, -0.25) is 16.0 Å². The predicted octanol–water partition coefficient (Wildman–Crippen LogP) is 0.782. The zero-order valence-corrected chi connectivity index (χ0v) is 11.5. The molecule has 3 N–H and O–H groups in total. The molecule has 0 aliphatic carbocycles. The summed E-state index contributed by atoms with van der Waals surface area (Å²) in [5, 5.41) is 4.48. The Morgan fingerprint density at radius 2 is 2.44 bits per heavy atom. The Hall–Kier alpha value is -0.910. The minimum Gasteiger partial charge on any atom is -0.378 e. The molecule has 1 aliphatic heterocycles. The van der Waals surface area contributed by atoms with Crippen molar-refractivity contribution in [1.29, 1.82) is 0 Å². The van der Waals surface area contributed by atoms with Gasteiger partial charge in [0.25, 0.3) is 0 Å². The molecular formula is C13H24N4O. The molecule has 0 bridgehead atoms. The maximum absolute atomic E-state index is 5.72. The first kappa shape index (κ1) is 13.5. The Kier molecular flexibility index (Phi) is 4.37. The number of hydrogen-bond donors (Lipinski definition) is 2. The van der Waals surface area contributed by atoms with E-state index in [1.165, 1.54) is 5.69 Å². The van der Waals surface area contributed by atoms with Crippen molar-refractivity contribution < 1.29 is 4.74 Å². The second kappa shape index (κ2) is 5.82. The summed E-state index contributed by atoms with van der Waals surface area (Å²) in [5.41, 5.74) is 5.32. The van der Waals surface area contributed by atoms with Crippen molar-refractivity contribution in [3.8, 4) is 0 Å². The van der Waals surface area contributed by atoms with Crippen LogP contribution >= 0.6 is 0 Å². The molecule has 3 atom stereocenters. The van der Waals surface area contributed by atoms with Crippen molar-refractivity contribution in [1.82, 2.24) is 15.2 Å². The molecule has 0 saturated carbocycles. The van der Waals surface area contributed by atoms with Gasteiger partial charge in [0.05, 0.1) is 11.8 Å². The molecule has 2 rings (SSSR count). The third kappa shape index (κ3) is 2.74. The molecule has 0 aromatic carbocycles. The second-order valence-electron chi connectivity index (χ2n) is 5.11. The van der Waals surface area contributed by atoms with Crippen LogP contribution in [0.1, 0.15) is 31.7 Å². The summed E-state index contributed by atoms with van der Waals surface area (Å²) in [5.74, 6) is 6.20. The zero-order chi connectivity index (χ0) is 13.1. The van der Waals surface area contributed by atoms with E-state index in [1.807, 2.05) is 11.7 Å². The average Bonchev–Trinajstić information content (AvgIpc) is 2.93. The molecule has 2 heterocycles. The minimum atomic E-state index is 0.252. The van der Waals surface area contributed by atoms with Crippen LogP contribution in [0.4, 0.5) is 0 Å². The lowest BCUT2D eigenvalue weighted by Crippen LogP contribution is -2.45. The van der Waals surface area contributed by atoms with Crippen LogP contribution in [-0.4, -0.2) is 28.5 Å². The lowest BCUT2D eigenvalue weighted by Gasteiger charge is -2.25. The van der Waals surface area contributed by atoms with Crippen LogP contribution < -0.4 is 11.3 Å². The maximum atomic E-state index is 5.72. The highest BCUT2D eigenvalue weighted by Crippen LogP contribution is 2.25. The lowest BCUT2D eigenvalue weighted by atomic mass is 9.90. The van der Waals surface area contributed by atoms with Crippen molar-refractivity contribution in [2.45, 2.75) is 45.3 Å². The molecule has 1 saturated heterocycles. The van der Waals surface area contributed by atoms with Crippen molar-refractivity contribution in [2.24, 2.45) is 18.8 Å². The van der Waals surface area contributed by atoms with Gasteiger partial charge in [-0.15, -0.1) is 0 Å². The number of nitrogens with zero attached hydrogens (tertiary/aromatic N) is 2. The Bertz CT molecular complexity index is 390. The van der Waals surface area contributed by atoms with Crippen LogP contribution in [0.2, 0.25) is 0 Å². The van der Waals surface area contributed by atoms with E-state index in [0.29, 0.717) is 5.92 Å². The van der Waals surface area contributed by atoms with Gasteiger partial charge in [-0.1, -0.05) is 6.92 Å². The Morgan fingerprint density at radius 1 is 1.67 bits per heavy atom. The van der Waals surface area contributed by atoms with Crippen LogP contribution in [0, 0.1) is 5.92 Å². The first-order chi connectivity index (χ1) is 8.65. The molecule has 18 heavy (non-hydrogen) atoms. The van der Waals surface area contributed by atoms with Crippen LogP contribution in [0.3, 0.4) is 0 Å². The highest BCUT2D eigenvalue weighted by atomic mass is 16.5. The number of ether oxygens (including phenoxy) is 1. The fraction of sp³-hybridized carbons (Fsp3) is 0.769. The van der Waals surface area contributed by atoms with Crippen molar-refractivity contribution >= 4 is 0 Å². The maximum Gasteiger partial charge on any atom is 0.0624 e. The fourth-order valence-corrected chi connectivity index (χ4v) is 2.77. The summed E-state index contributed by atoms with van der Waals surface area (Å²) in [4.78, 5) is 0. The van der Waals surface area contributed by atoms with E-state index in [2.05, 4.69) is 30.4 Å². The molecule has 1 aliphatic rings. The monoisotopic (exact) mass is 252 g/mol. The lowest BCUT2D eigenvalue weighted by molar-refractivity contribution is 0.0951. The van der Waals surface area contributed by atoms with Crippen molar-refractivity contribution in [3.05, 3.63) is 17.5 Å². The number of nitrogens with two attached hydrogens (primary N) is 1. The second-order valence-corrected chi connectivity index (χ2v) is 5.11. The summed E-state index contributed by atoms with van der Waals surface area (Å²) in [6, 6.07) is 2.42. The number of rotatable bonds is 5. The van der Waals surface area contributed by atoms with Crippen molar-refractivity contribution in [2.75, 3.05) is 6.61 Å². The van der Waals surface area contributed by atoms with E-state index in [9.17, 15) is 0 Å². The third-order valence-corrected chi connectivity index (χ3v) is 3.98. The first-order valence-corrected chi connectivity index (χ1v) is 6.75. The summed E-state index contributed by atoms with van der Waals surface area (Å²) >= 11 is 0. The van der Waals surface area contributed by atoms with Gasteiger partial charge in [0.15, 0.2) is 0 Å². The van der Waals surface area contributed by atoms with Gasteiger partial charge in [-0.05, 0) is 25.8 Å². The van der Waals surface area contributed by atoms with Gasteiger partial charge >= 0.3 is 0 Å². The number of aromatic nitrogens is 2. The van der Waals surface area contributed by atoms with Gasteiger partial charge in [0.2, 0.25) is 0 Å². The van der Waals surface area contributed by atoms with Crippen molar-refractivity contribution in [3.63, 3.8) is 0 Å². The van der Waals surface area contributed by atoms with Gasteiger partial charge in [-0.25, -0.2) is 0 Å². The van der Waals surface area contributed by atoms with E-state index in [0.717, 1.165) is 31.6 Å². The molecule has 1 aromatic heterocycles. The zero-order valence-electron chi connectivity index (χ0n) is 11.5. The minimum absolute atomic E-state index is 0.252. The van der Waals surface area contributed by atoms with Gasteiger partial charge in [0, 0.05) is 37.7 Å². The molecule has 0 radical (unpaired) electrons. The normalized spacial score (nSPS) is 25.6. The Balaban J connectivity index is 2.07. The summed E-state index contributed by atoms with van der Waals surface area (Å²) < 4.78 is 7.59. The molecular weight excluding hydrogens is 228 g/mol. The standard InChI is InChI=1S/C13H24N4O/c1-4-10-7-11(17(3)16-10)8-13(15-14)12-5-6-18-9(12)2/h7,9,12-13,15H,4-6,8,14H2,1-3H3. The quantitative estimate of drug-likeness (QED) is 0.600. The molecule has 5 heteroatoms. The van der Waals surface area contributed by atoms with Gasteiger partial charge < -0.3 is 4.74 Å². The third-order valence-electron chi connectivity index (χ3n) is 3.98.